The first-order chi connectivity index (χ1) is 13.7. The molecule has 4 rings (SSSR count). The third kappa shape index (κ3) is 3.41. The van der Waals surface area contributed by atoms with E-state index in [9.17, 15) is 14.4 Å². The molecule has 0 saturated heterocycles. The zero-order valence-electron chi connectivity index (χ0n) is 16.0. The van der Waals surface area contributed by atoms with E-state index in [4.69, 9.17) is 5.73 Å². The fraction of sp³-hybridized carbons (Fsp3) is 0.273. The maximum Gasteiger partial charge on any atom is 0.162 e. The molecule has 1 aromatic heterocycles. The third-order valence-corrected chi connectivity index (χ3v) is 7.10. The molecule has 0 spiro atoms. The van der Waals surface area contributed by atoms with Crippen LogP contribution in [0.1, 0.15) is 37.5 Å². The molecule has 0 radical (unpaired) electrons. The number of carbonyl (C=O) groups is 1. The topological polar surface area (TPSA) is 70.1 Å². The summed E-state index contributed by atoms with van der Waals surface area (Å²) in [5.41, 5.74) is 8.68. The Bertz CT molecular complexity index is 1110. The highest BCUT2D eigenvalue weighted by Gasteiger charge is 2.45. The number of anilines is 1. The van der Waals surface area contributed by atoms with Gasteiger partial charge >= 0.3 is 0 Å². The monoisotopic (exact) mass is 471 g/mol. The Labute approximate surface area is 181 Å². The fourth-order valence-corrected chi connectivity index (χ4v) is 5.72. The van der Waals surface area contributed by atoms with E-state index in [1.165, 1.54) is 23.5 Å². The van der Waals surface area contributed by atoms with E-state index in [-0.39, 0.29) is 22.8 Å². The van der Waals surface area contributed by atoms with Gasteiger partial charge in [0.15, 0.2) is 5.78 Å². The Hall–Kier alpha value is -2.43. The van der Waals surface area contributed by atoms with Crippen LogP contribution in [-0.4, -0.2) is 5.78 Å². The van der Waals surface area contributed by atoms with Crippen LogP contribution in [0, 0.1) is 22.6 Å². The summed E-state index contributed by atoms with van der Waals surface area (Å²) >= 11 is 4.96. The van der Waals surface area contributed by atoms with Crippen LogP contribution >= 0.6 is 27.3 Å². The van der Waals surface area contributed by atoms with Crippen LogP contribution in [0.3, 0.4) is 0 Å². The number of thiophene rings is 1. The molecular weight excluding hydrogens is 453 g/mol. The zero-order valence-corrected chi connectivity index (χ0v) is 18.4. The minimum absolute atomic E-state index is 0.0261. The quantitative estimate of drug-likeness (QED) is 0.619. The van der Waals surface area contributed by atoms with Crippen molar-refractivity contribution in [2.45, 2.75) is 32.6 Å². The summed E-state index contributed by atoms with van der Waals surface area (Å²) < 4.78 is 14.4. The van der Waals surface area contributed by atoms with Gasteiger partial charge in [-0.05, 0) is 58.1 Å². The lowest BCUT2D eigenvalue weighted by Gasteiger charge is -2.43. The average molecular weight is 472 g/mol. The Kier molecular flexibility index (Phi) is 4.88. The lowest BCUT2D eigenvalue weighted by atomic mass is 9.69. The molecule has 1 atom stereocenters. The standard InChI is InChI=1S/C22H19BrFN3OS/c1-22(2)8-16-20(17(28)9-22)19(18-7-12(23)11-29-18)15(10-25)21(26)27(16)14-5-3-13(24)4-6-14/h3-7,11,19H,8-9,26H2,1-2H3/t19-/m0/s1. The van der Waals surface area contributed by atoms with Crippen LogP contribution < -0.4 is 10.6 Å². The number of nitrogens with zero attached hydrogens (tertiary/aromatic N) is 2. The molecule has 148 valence electrons. The van der Waals surface area contributed by atoms with Crippen molar-refractivity contribution in [3.8, 4) is 6.07 Å². The van der Waals surface area contributed by atoms with Crippen molar-refractivity contribution in [3.63, 3.8) is 0 Å². The number of nitrogens with two attached hydrogens (primary N) is 1. The van der Waals surface area contributed by atoms with Crippen molar-refractivity contribution in [3.05, 3.63) is 73.5 Å². The highest BCUT2D eigenvalue weighted by Crippen LogP contribution is 2.51. The van der Waals surface area contributed by atoms with Gasteiger partial charge in [0, 0.05) is 38.1 Å². The number of ketones is 1. The van der Waals surface area contributed by atoms with E-state index >= 15 is 0 Å². The van der Waals surface area contributed by atoms with Gasteiger partial charge in [-0.15, -0.1) is 11.3 Å². The molecule has 1 aliphatic carbocycles. The van der Waals surface area contributed by atoms with Crippen molar-refractivity contribution in [2.75, 3.05) is 4.90 Å². The molecule has 2 heterocycles. The van der Waals surface area contributed by atoms with Crippen molar-refractivity contribution < 1.29 is 9.18 Å². The van der Waals surface area contributed by atoms with E-state index in [1.807, 2.05) is 25.3 Å². The number of allylic oxidation sites excluding steroid dienone is 3. The molecule has 4 nitrogen and oxygen atoms in total. The van der Waals surface area contributed by atoms with Crippen molar-refractivity contribution in [1.82, 2.24) is 0 Å². The molecule has 1 aliphatic heterocycles. The van der Waals surface area contributed by atoms with Crippen LogP contribution in [0.5, 0.6) is 0 Å². The van der Waals surface area contributed by atoms with Gasteiger partial charge in [-0.1, -0.05) is 13.8 Å². The molecule has 0 unspecified atom stereocenters. The predicted molar refractivity (Wildman–Crippen MR) is 116 cm³/mol. The number of nitriles is 1. The molecule has 7 heteroatoms. The predicted octanol–water partition coefficient (Wildman–Crippen LogP) is 5.59. The number of Topliss-reactive ketones (excluding diaryl/α,β-unsaturated/α-hetero) is 1. The van der Waals surface area contributed by atoms with Crippen LogP contribution in [0.2, 0.25) is 0 Å². The first-order valence-corrected chi connectivity index (χ1v) is 10.8. The molecule has 2 aliphatic rings. The molecule has 29 heavy (non-hydrogen) atoms. The summed E-state index contributed by atoms with van der Waals surface area (Å²) in [7, 11) is 0. The van der Waals surface area contributed by atoms with Crippen LogP contribution in [0.15, 0.2) is 62.8 Å². The minimum Gasteiger partial charge on any atom is -0.384 e. The van der Waals surface area contributed by atoms with Crippen molar-refractivity contribution >= 4 is 38.7 Å². The molecule has 0 fully saturated rings. The van der Waals surface area contributed by atoms with Crippen LogP contribution in [-0.2, 0) is 4.79 Å². The number of rotatable bonds is 2. The molecule has 0 bridgehead atoms. The second kappa shape index (κ2) is 7.12. The summed E-state index contributed by atoms with van der Waals surface area (Å²) in [4.78, 5) is 16.0. The number of hydrogen-bond donors (Lipinski definition) is 1. The SMILES string of the molecule is CC1(C)CC(=O)C2=C(C1)N(c1ccc(F)cc1)C(N)=C(C#N)[C@H]2c1cc(Br)cs1. The minimum atomic E-state index is -0.480. The van der Waals surface area contributed by atoms with Crippen LogP contribution in [0.25, 0.3) is 0 Å². The smallest absolute Gasteiger partial charge is 0.162 e. The normalized spacial score (nSPS) is 21.3. The van der Waals surface area contributed by atoms with Gasteiger partial charge in [-0.25, -0.2) is 4.39 Å². The summed E-state index contributed by atoms with van der Waals surface area (Å²) in [6, 6.07) is 10.1. The highest BCUT2D eigenvalue weighted by atomic mass is 79.9. The second-order valence-electron chi connectivity index (χ2n) is 8.12. The Balaban J connectivity index is 1.99. The lowest BCUT2D eigenvalue weighted by Crippen LogP contribution is -2.42. The number of halogens is 2. The van der Waals surface area contributed by atoms with E-state index in [2.05, 4.69) is 22.0 Å². The van der Waals surface area contributed by atoms with Gasteiger partial charge in [0.2, 0.25) is 0 Å². The maximum absolute atomic E-state index is 13.5. The van der Waals surface area contributed by atoms with Crippen LogP contribution in [0.4, 0.5) is 10.1 Å². The van der Waals surface area contributed by atoms with Crippen molar-refractivity contribution in [1.29, 1.82) is 5.26 Å². The van der Waals surface area contributed by atoms with E-state index in [1.54, 1.807) is 17.0 Å². The third-order valence-electron chi connectivity index (χ3n) is 5.34. The van der Waals surface area contributed by atoms with Gasteiger partial charge in [0.25, 0.3) is 0 Å². The molecular formula is C22H19BrFN3OS. The van der Waals surface area contributed by atoms with E-state index in [0.29, 0.717) is 29.7 Å². The summed E-state index contributed by atoms with van der Waals surface area (Å²) in [5.74, 6) is -0.521. The lowest BCUT2D eigenvalue weighted by molar-refractivity contribution is -0.118. The zero-order chi connectivity index (χ0) is 20.9. The molecule has 0 amide bonds. The van der Waals surface area contributed by atoms with Gasteiger partial charge in [0.1, 0.15) is 11.6 Å². The Morgan fingerprint density at radius 1 is 1.31 bits per heavy atom. The fourth-order valence-electron chi connectivity index (χ4n) is 4.16. The largest absolute Gasteiger partial charge is 0.384 e. The van der Waals surface area contributed by atoms with E-state index < -0.39 is 5.92 Å². The molecule has 0 saturated carbocycles. The maximum atomic E-state index is 13.5. The Morgan fingerprint density at radius 3 is 2.59 bits per heavy atom. The molecule has 2 aromatic rings. The van der Waals surface area contributed by atoms with Gasteiger partial charge in [0.05, 0.1) is 17.6 Å². The van der Waals surface area contributed by atoms with Crippen molar-refractivity contribution in [2.24, 2.45) is 11.1 Å². The number of hydrogen-bond acceptors (Lipinski definition) is 5. The first kappa shape index (κ1) is 19.9. The molecule has 1 aromatic carbocycles. The number of benzene rings is 1. The summed E-state index contributed by atoms with van der Waals surface area (Å²) in [5, 5.41) is 11.9. The molecule has 2 N–H and O–H groups in total. The Morgan fingerprint density at radius 2 is 2.00 bits per heavy atom. The number of carbonyl (C=O) groups excluding carboxylic acids is 1. The second-order valence-corrected chi connectivity index (χ2v) is 9.98. The van der Waals surface area contributed by atoms with E-state index in [0.717, 1.165) is 15.0 Å². The average Bonchev–Trinajstić information content (AvgIpc) is 3.07. The highest BCUT2D eigenvalue weighted by molar-refractivity contribution is 9.10. The summed E-state index contributed by atoms with van der Waals surface area (Å²) in [6.45, 7) is 4.10. The van der Waals surface area contributed by atoms with Gasteiger partial charge < -0.3 is 5.73 Å². The summed E-state index contributed by atoms with van der Waals surface area (Å²) in [6.07, 6.45) is 1.04. The van der Waals surface area contributed by atoms with Gasteiger partial charge in [-0.3, -0.25) is 9.69 Å². The first-order valence-electron chi connectivity index (χ1n) is 9.17. The van der Waals surface area contributed by atoms with Gasteiger partial charge in [-0.2, -0.15) is 5.26 Å².